The molecule has 0 heterocycles. The first-order chi connectivity index (χ1) is 12.2. The van der Waals surface area contributed by atoms with Gasteiger partial charge in [0.2, 0.25) is 15.9 Å². The van der Waals surface area contributed by atoms with Crippen molar-refractivity contribution in [2.75, 3.05) is 10.6 Å². The van der Waals surface area contributed by atoms with E-state index in [1.807, 2.05) is 51.1 Å². The maximum atomic E-state index is 12.9. The van der Waals surface area contributed by atoms with Crippen LogP contribution in [-0.4, -0.2) is 26.6 Å². The summed E-state index contributed by atoms with van der Waals surface area (Å²) in [6.07, 6.45) is 1.49. The maximum Gasteiger partial charge on any atom is 0.244 e. The third-order valence-electron chi connectivity index (χ3n) is 4.28. The summed E-state index contributed by atoms with van der Waals surface area (Å²) in [5.41, 5.74) is 2.61. The van der Waals surface area contributed by atoms with Crippen LogP contribution in [0.1, 0.15) is 37.4 Å². The molecular formula is C20H26N2O3S. The molecule has 0 saturated carbocycles. The fourth-order valence-corrected chi connectivity index (χ4v) is 4.09. The molecule has 140 valence electrons. The fraction of sp³-hybridized carbons (Fsp3) is 0.350. The van der Waals surface area contributed by atoms with E-state index in [9.17, 15) is 13.2 Å². The van der Waals surface area contributed by atoms with Crippen molar-refractivity contribution < 1.29 is 13.2 Å². The van der Waals surface area contributed by atoms with Gasteiger partial charge in [0.25, 0.3) is 0 Å². The Bertz CT molecular complexity index is 833. The van der Waals surface area contributed by atoms with Crippen molar-refractivity contribution in [3.05, 3.63) is 65.7 Å². The number of anilines is 1. The molecule has 0 saturated heterocycles. The quantitative estimate of drug-likeness (QED) is 0.807. The van der Waals surface area contributed by atoms with Crippen LogP contribution in [0.3, 0.4) is 0 Å². The van der Waals surface area contributed by atoms with E-state index < -0.39 is 16.1 Å². The van der Waals surface area contributed by atoms with Crippen LogP contribution in [0.4, 0.5) is 5.69 Å². The van der Waals surface area contributed by atoms with Gasteiger partial charge in [-0.3, -0.25) is 9.10 Å². The van der Waals surface area contributed by atoms with Crippen molar-refractivity contribution in [1.82, 2.24) is 5.32 Å². The Morgan fingerprint density at radius 1 is 1.08 bits per heavy atom. The molecule has 0 aliphatic carbocycles. The first kappa shape index (κ1) is 20.0. The van der Waals surface area contributed by atoms with Crippen molar-refractivity contribution in [2.45, 2.75) is 39.3 Å². The van der Waals surface area contributed by atoms with E-state index in [0.717, 1.165) is 17.4 Å². The molecule has 0 bridgehead atoms. The predicted octanol–water partition coefficient (Wildman–Crippen LogP) is 3.42. The van der Waals surface area contributed by atoms with Gasteiger partial charge in [0.05, 0.1) is 18.0 Å². The molecule has 5 nitrogen and oxygen atoms in total. The zero-order valence-corrected chi connectivity index (χ0v) is 16.5. The molecule has 1 amide bonds. The second-order valence-electron chi connectivity index (χ2n) is 6.46. The summed E-state index contributed by atoms with van der Waals surface area (Å²) in [5, 5.41) is 2.94. The molecular weight excluding hydrogens is 348 g/mol. The summed E-state index contributed by atoms with van der Waals surface area (Å²) in [6.45, 7) is 5.70. The second-order valence-corrected chi connectivity index (χ2v) is 8.32. The highest BCUT2D eigenvalue weighted by Crippen LogP contribution is 2.23. The van der Waals surface area contributed by atoms with Crippen molar-refractivity contribution in [2.24, 2.45) is 0 Å². The first-order valence-corrected chi connectivity index (χ1v) is 10.5. The molecule has 0 unspecified atom stereocenters. The lowest BCUT2D eigenvalue weighted by Crippen LogP contribution is -2.49. The average Bonchev–Trinajstić information content (AvgIpc) is 2.59. The number of para-hydroxylation sites is 1. The van der Waals surface area contributed by atoms with Gasteiger partial charge >= 0.3 is 0 Å². The number of hydrogen-bond donors (Lipinski definition) is 1. The number of nitrogens with zero attached hydrogens (tertiary/aromatic N) is 1. The summed E-state index contributed by atoms with van der Waals surface area (Å²) in [6, 6.07) is 15.6. The number of amides is 1. The fourth-order valence-electron chi connectivity index (χ4n) is 2.88. The Labute approximate surface area is 156 Å². The van der Waals surface area contributed by atoms with E-state index in [2.05, 4.69) is 5.32 Å². The van der Waals surface area contributed by atoms with Gasteiger partial charge in [-0.2, -0.15) is 0 Å². The summed E-state index contributed by atoms with van der Waals surface area (Å²) in [7, 11) is -3.61. The van der Waals surface area contributed by atoms with E-state index in [1.54, 1.807) is 24.3 Å². The second kappa shape index (κ2) is 8.36. The van der Waals surface area contributed by atoms with Gasteiger partial charge in [-0.1, -0.05) is 55.0 Å². The minimum absolute atomic E-state index is 0.214. The molecule has 0 aliphatic heterocycles. The van der Waals surface area contributed by atoms with Crippen LogP contribution in [0.5, 0.6) is 0 Å². The Morgan fingerprint density at radius 2 is 1.65 bits per heavy atom. The van der Waals surface area contributed by atoms with E-state index in [1.165, 1.54) is 4.31 Å². The largest absolute Gasteiger partial charge is 0.348 e. The van der Waals surface area contributed by atoms with Gasteiger partial charge in [0.1, 0.15) is 6.04 Å². The standard InChI is InChI=1S/C20H26N2O3S/c1-5-19(22(26(4,24)25)18-9-7-6-8-10-18)20(23)21-16(3)17-13-11-15(2)12-14-17/h6-14,16,19H,5H2,1-4H3,(H,21,23)/t16-,19-/m0/s1. The van der Waals surface area contributed by atoms with Crippen molar-refractivity contribution >= 4 is 21.6 Å². The molecule has 6 heteroatoms. The van der Waals surface area contributed by atoms with E-state index >= 15 is 0 Å². The molecule has 2 aromatic rings. The Kier molecular flexibility index (Phi) is 6.42. The number of benzene rings is 2. The molecule has 0 radical (unpaired) electrons. The number of nitrogens with one attached hydrogen (secondary N) is 1. The van der Waals surface area contributed by atoms with Crippen molar-refractivity contribution in [3.8, 4) is 0 Å². The molecule has 0 fully saturated rings. The van der Waals surface area contributed by atoms with Crippen LogP contribution in [0.15, 0.2) is 54.6 Å². The molecule has 2 rings (SSSR count). The van der Waals surface area contributed by atoms with Gasteiger partial charge in [-0.05, 0) is 38.0 Å². The Balaban J connectivity index is 2.26. The molecule has 2 aromatic carbocycles. The number of carbonyl (C=O) groups excluding carboxylic acids is 1. The number of aryl methyl sites for hydroxylation is 1. The summed E-state index contributed by atoms with van der Waals surface area (Å²) >= 11 is 0. The van der Waals surface area contributed by atoms with Crippen LogP contribution in [0.25, 0.3) is 0 Å². The topological polar surface area (TPSA) is 66.5 Å². The number of hydrogen-bond acceptors (Lipinski definition) is 3. The lowest BCUT2D eigenvalue weighted by molar-refractivity contribution is -0.122. The Hall–Kier alpha value is -2.34. The smallest absolute Gasteiger partial charge is 0.244 e. The highest BCUT2D eigenvalue weighted by Gasteiger charge is 2.32. The van der Waals surface area contributed by atoms with Crippen LogP contribution in [0, 0.1) is 6.92 Å². The molecule has 26 heavy (non-hydrogen) atoms. The van der Waals surface area contributed by atoms with Crippen LogP contribution in [-0.2, 0) is 14.8 Å². The zero-order chi connectivity index (χ0) is 19.3. The molecule has 0 aromatic heterocycles. The summed E-state index contributed by atoms with van der Waals surface area (Å²) in [5.74, 6) is -0.310. The SMILES string of the molecule is CC[C@@H](C(=O)N[C@@H](C)c1ccc(C)cc1)N(c1ccccc1)S(C)(=O)=O. The van der Waals surface area contributed by atoms with E-state index in [-0.39, 0.29) is 11.9 Å². The Morgan fingerprint density at radius 3 is 2.15 bits per heavy atom. The number of sulfonamides is 1. The number of carbonyl (C=O) groups is 1. The van der Waals surface area contributed by atoms with E-state index in [4.69, 9.17) is 0 Å². The average molecular weight is 375 g/mol. The van der Waals surface area contributed by atoms with Crippen LogP contribution in [0.2, 0.25) is 0 Å². The minimum Gasteiger partial charge on any atom is -0.348 e. The van der Waals surface area contributed by atoms with Gasteiger partial charge < -0.3 is 5.32 Å². The third kappa shape index (κ3) is 4.85. The van der Waals surface area contributed by atoms with Gasteiger partial charge in [0, 0.05) is 0 Å². The van der Waals surface area contributed by atoms with Crippen LogP contribution >= 0.6 is 0 Å². The molecule has 2 atom stereocenters. The molecule has 1 N–H and O–H groups in total. The van der Waals surface area contributed by atoms with Gasteiger partial charge in [-0.15, -0.1) is 0 Å². The predicted molar refractivity (Wildman–Crippen MR) is 106 cm³/mol. The van der Waals surface area contributed by atoms with Crippen molar-refractivity contribution in [3.63, 3.8) is 0 Å². The summed E-state index contributed by atoms with van der Waals surface area (Å²) in [4.78, 5) is 12.9. The monoisotopic (exact) mass is 374 g/mol. The lowest BCUT2D eigenvalue weighted by Gasteiger charge is -2.31. The zero-order valence-electron chi connectivity index (χ0n) is 15.6. The first-order valence-electron chi connectivity index (χ1n) is 8.65. The maximum absolute atomic E-state index is 12.9. The van der Waals surface area contributed by atoms with Crippen LogP contribution < -0.4 is 9.62 Å². The van der Waals surface area contributed by atoms with E-state index in [0.29, 0.717) is 12.1 Å². The molecule has 0 aliphatic rings. The van der Waals surface area contributed by atoms with Gasteiger partial charge in [-0.25, -0.2) is 8.42 Å². The lowest BCUT2D eigenvalue weighted by atomic mass is 10.1. The summed E-state index contributed by atoms with van der Waals surface area (Å²) < 4.78 is 26.0. The highest BCUT2D eigenvalue weighted by atomic mass is 32.2. The third-order valence-corrected chi connectivity index (χ3v) is 5.46. The van der Waals surface area contributed by atoms with Crippen molar-refractivity contribution in [1.29, 1.82) is 0 Å². The number of rotatable bonds is 7. The molecule has 0 spiro atoms. The van der Waals surface area contributed by atoms with Gasteiger partial charge in [0.15, 0.2) is 0 Å². The normalized spacial score (nSPS) is 13.7. The minimum atomic E-state index is -3.61. The highest BCUT2D eigenvalue weighted by molar-refractivity contribution is 7.92.